The maximum atomic E-state index is 6.45. The van der Waals surface area contributed by atoms with Crippen molar-refractivity contribution in [3.05, 3.63) is 0 Å². The third-order valence-corrected chi connectivity index (χ3v) is 0.703. The summed E-state index contributed by atoms with van der Waals surface area (Å²) in [5, 5.41) is 6.45. The first kappa shape index (κ1) is 5.69. The second-order valence-corrected chi connectivity index (χ2v) is 1.34. The zero-order valence-corrected chi connectivity index (χ0v) is 4.33. The van der Waals surface area contributed by atoms with Gasteiger partial charge in [-0.25, -0.2) is 0 Å². The normalized spacial score (nSPS) is 9.50. The van der Waals surface area contributed by atoms with Crippen molar-refractivity contribution in [1.82, 2.24) is 0 Å². The van der Waals surface area contributed by atoms with Crippen molar-refractivity contribution in [2.45, 2.75) is 0 Å². The van der Waals surface area contributed by atoms with E-state index in [4.69, 9.17) is 5.41 Å². The van der Waals surface area contributed by atoms with Gasteiger partial charge in [-0.2, -0.15) is 0 Å². The molecule has 0 spiro atoms. The van der Waals surface area contributed by atoms with E-state index in [1.807, 2.05) is 0 Å². The Balaban J connectivity index is 2.85. The van der Waals surface area contributed by atoms with Crippen LogP contribution in [0.3, 0.4) is 0 Å². The highest BCUT2D eigenvalue weighted by molar-refractivity contribution is 8.23. The van der Waals surface area contributed by atoms with Gasteiger partial charge < -0.3 is 5.41 Å². The second-order valence-electron chi connectivity index (χ2n) is 0.618. The second kappa shape index (κ2) is 4.69. The summed E-state index contributed by atoms with van der Waals surface area (Å²) in [7, 11) is 1.68. The van der Waals surface area contributed by atoms with Gasteiger partial charge in [-0.1, -0.05) is 11.8 Å². The summed E-state index contributed by atoms with van der Waals surface area (Å²) in [4.78, 5) is 3.61. The molecule has 0 saturated heterocycles. The summed E-state index contributed by atoms with van der Waals surface area (Å²) >= 11 is 1.26. The summed E-state index contributed by atoms with van der Waals surface area (Å²) in [6.07, 6.45) is 0. The first-order valence-electron chi connectivity index (χ1n) is 1.47. The van der Waals surface area contributed by atoms with Gasteiger partial charge in [0, 0.05) is 7.05 Å². The first-order chi connectivity index (χ1) is 2.91. The number of rotatable bonds is 2. The minimum absolute atomic E-state index is 1.23. The molecule has 0 fully saturated rings. The average Bonchev–Trinajstić information content (AvgIpc) is 1.61. The van der Waals surface area contributed by atoms with E-state index in [9.17, 15) is 0 Å². The molecule has 0 unspecified atom stereocenters. The van der Waals surface area contributed by atoms with Crippen LogP contribution in [-0.2, 0) is 0 Å². The van der Waals surface area contributed by atoms with Crippen LogP contribution in [0.4, 0.5) is 0 Å². The molecule has 0 amide bonds. The van der Waals surface area contributed by atoms with Gasteiger partial charge in [-0.05, 0) is 0 Å². The fourth-order valence-electron chi connectivity index (χ4n) is 0.0913. The van der Waals surface area contributed by atoms with Gasteiger partial charge in [0.2, 0.25) is 0 Å². The number of nitrogens with zero attached hydrogens (tertiary/aromatic N) is 1. The maximum absolute atomic E-state index is 6.45. The molecule has 0 aliphatic heterocycles. The van der Waals surface area contributed by atoms with Crippen LogP contribution in [0.2, 0.25) is 0 Å². The van der Waals surface area contributed by atoms with E-state index in [0.29, 0.717) is 0 Å². The molecule has 0 saturated carbocycles. The Hall–Kier alpha value is -0.310. The van der Waals surface area contributed by atoms with Gasteiger partial charge in [0.15, 0.2) is 0 Å². The van der Waals surface area contributed by atoms with E-state index in [1.165, 1.54) is 17.3 Å². The zero-order chi connectivity index (χ0) is 4.83. The van der Waals surface area contributed by atoms with E-state index in [1.54, 1.807) is 12.6 Å². The maximum Gasteiger partial charge on any atom is 0.0594 e. The molecule has 0 aromatic rings. The predicted octanol–water partition coefficient (Wildman–Crippen LogP) is 0.985. The molecule has 2 nitrogen and oxygen atoms in total. The molecule has 0 atom stereocenters. The molecule has 3 heteroatoms. The van der Waals surface area contributed by atoms with Crippen molar-refractivity contribution in [1.29, 1.82) is 5.41 Å². The van der Waals surface area contributed by atoms with Crippen LogP contribution in [0, 0.1) is 5.41 Å². The Bertz CT molecular complexity index is 59.8. The molecule has 1 N–H and O–H groups in total. The average molecular weight is 102 g/mol. The quantitative estimate of drug-likeness (QED) is 0.409. The molecular weight excluding hydrogens is 96.1 g/mol. The number of thioether (sulfide) groups is 1. The molecular formula is C3H6N2S. The van der Waals surface area contributed by atoms with Crippen molar-refractivity contribution in [3.63, 3.8) is 0 Å². The lowest BCUT2D eigenvalue weighted by Crippen LogP contribution is -1.58. The van der Waals surface area contributed by atoms with Crippen molar-refractivity contribution < 1.29 is 0 Å². The molecule has 0 heterocycles. The minimum Gasteiger partial charge on any atom is -0.302 e. The Kier molecular flexibility index (Phi) is 4.45. The van der Waals surface area contributed by atoms with Gasteiger partial charge in [0.25, 0.3) is 0 Å². The standard InChI is InChI=1S/C3H6N2S/c1-5-3-6-2-4/h2-4H,1H3. The Morgan fingerprint density at radius 2 is 2.50 bits per heavy atom. The molecule has 0 aliphatic carbocycles. The smallest absolute Gasteiger partial charge is 0.0594 e. The summed E-state index contributed by atoms with van der Waals surface area (Å²) in [6.45, 7) is 0. The van der Waals surface area contributed by atoms with Crippen LogP contribution in [0.1, 0.15) is 0 Å². The number of hydrogen-bond acceptors (Lipinski definition) is 3. The van der Waals surface area contributed by atoms with Gasteiger partial charge in [0.1, 0.15) is 0 Å². The third-order valence-electron chi connectivity index (χ3n) is 0.234. The molecule has 0 radical (unpaired) electrons. The minimum atomic E-state index is 1.23. The fraction of sp³-hybridized carbons (Fsp3) is 0.333. The monoisotopic (exact) mass is 102 g/mol. The van der Waals surface area contributed by atoms with Crippen LogP contribution in [0.25, 0.3) is 0 Å². The highest BCUT2D eigenvalue weighted by atomic mass is 32.2. The molecule has 0 aromatic carbocycles. The zero-order valence-electron chi connectivity index (χ0n) is 3.51. The number of nitrogens with one attached hydrogen (secondary N) is 1. The molecule has 0 aliphatic rings. The van der Waals surface area contributed by atoms with Crippen LogP contribution in [-0.4, -0.2) is 18.1 Å². The van der Waals surface area contributed by atoms with Gasteiger partial charge in [0.05, 0.1) is 11.1 Å². The molecule has 6 heavy (non-hydrogen) atoms. The van der Waals surface area contributed by atoms with Crippen LogP contribution < -0.4 is 0 Å². The van der Waals surface area contributed by atoms with Crippen molar-refractivity contribution in [2.75, 3.05) is 7.05 Å². The highest BCUT2D eigenvalue weighted by Gasteiger charge is 1.60. The van der Waals surface area contributed by atoms with Crippen LogP contribution >= 0.6 is 11.8 Å². The van der Waals surface area contributed by atoms with Crippen LogP contribution in [0.15, 0.2) is 4.99 Å². The Morgan fingerprint density at radius 1 is 1.83 bits per heavy atom. The molecule has 0 aromatic heterocycles. The lowest BCUT2D eigenvalue weighted by Gasteiger charge is -1.68. The van der Waals surface area contributed by atoms with E-state index >= 15 is 0 Å². The van der Waals surface area contributed by atoms with E-state index in [2.05, 4.69) is 4.99 Å². The number of hydrogen-bond donors (Lipinski definition) is 1. The van der Waals surface area contributed by atoms with Crippen LogP contribution in [0.5, 0.6) is 0 Å². The predicted molar refractivity (Wildman–Crippen MR) is 30.8 cm³/mol. The largest absolute Gasteiger partial charge is 0.302 e. The lowest BCUT2D eigenvalue weighted by molar-refractivity contribution is 1.49. The first-order valence-corrected chi connectivity index (χ1v) is 2.41. The fourth-order valence-corrected chi connectivity index (χ4v) is 0.274. The number of aliphatic imine (C=N–C) groups is 1. The van der Waals surface area contributed by atoms with Crippen molar-refractivity contribution in [3.8, 4) is 0 Å². The summed E-state index contributed by atoms with van der Waals surface area (Å²) in [6, 6.07) is 0. The van der Waals surface area contributed by atoms with E-state index in [0.717, 1.165) is 0 Å². The molecule has 0 bridgehead atoms. The highest BCUT2D eigenvalue weighted by Crippen LogP contribution is 1.81. The van der Waals surface area contributed by atoms with E-state index < -0.39 is 0 Å². The SMILES string of the molecule is CN=CSC=N. The van der Waals surface area contributed by atoms with Gasteiger partial charge >= 0.3 is 0 Å². The van der Waals surface area contributed by atoms with Crippen molar-refractivity contribution >= 4 is 22.9 Å². The molecule has 0 rings (SSSR count). The topological polar surface area (TPSA) is 36.2 Å². The third kappa shape index (κ3) is 3.69. The molecule has 34 valence electrons. The van der Waals surface area contributed by atoms with Gasteiger partial charge in [-0.15, -0.1) is 0 Å². The summed E-state index contributed by atoms with van der Waals surface area (Å²) < 4.78 is 0. The summed E-state index contributed by atoms with van der Waals surface area (Å²) in [5.74, 6) is 0. The van der Waals surface area contributed by atoms with E-state index in [-0.39, 0.29) is 0 Å². The Labute approximate surface area is 41.2 Å². The van der Waals surface area contributed by atoms with Gasteiger partial charge in [-0.3, -0.25) is 4.99 Å². The van der Waals surface area contributed by atoms with Crippen molar-refractivity contribution in [2.24, 2.45) is 4.99 Å². The lowest BCUT2D eigenvalue weighted by atomic mass is 11.4. The Morgan fingerprint density at radius 3 is 2.67 bits per heavy atom. The summed E-state index contributed by atoms with van der Waals surface area (Å²) in [5.41, 5.74) is 2.83.